The first-order valence-electron chi connectivity index (χ1n) is 10.3. The number of amides is 2. The van der Waals surface area contributed by atoms with E-state index in [-0.39, 0.29) is 6.03 Å². The Bertz CT molecular complexity index is 931. The first kappa shape index (κ1) is 19.4. The topological polar surface area (TPSA) is 47.6 Å². The molecule has 1 saturated heterocycles. The second kappa shape index (κ2) is 9.54. The van der Waals surface area contributed by atoms with Gasteiger partial charge in [0.1, 0.15) is 0 Å². The van der Waals surface area contributed by atoms with Gasteiger partial charge in [0, 0.05) is 51.2 Å². The number of anilines is 1. The number of hydrogen-bond acceptors (Lipinski definition) is 3. The Hall–Kier alpha value is -2.89. The van der Waals surface area contributed by atoms with Crippen molar-refractivity contribution in [1.29, 1.82) is 0 Å². The molecule has 0 radical (unpaired) electrons. The van der Waals surface area contributed by atoms with Crippen LogP contribution >= 0.6 is 0 Å². The second-order valence-electron chi connectivity index (χ2n) is 7.51. The third-order valence-electron chi connectivity index (χ3n) is 5.47. The number of benzene rings is 3. The summed E-state index contributed by atoms with van der Waals surface area (Å²) in [6, 6.07) is 24.5. The molecule has 3 aromatic rings. The summed E-state index contributed by atoms with van der Waals surface area (Å²) in [4.78, 5) is 17.2. The second-order valence-corrected chi connectivity index (χ2v) is 7.51. The maximum atomic E-state index is 12.3. The molecule has 1 heterocycles. The predicted molar refractivity (Wildman–Crippen MR) is 119 cm³/mol. The standard InChI is InChI=1S/C24H28N4O/c29-24(26-23-12-6-10-21-9-4-5-11-22(21)23)25-13-14-27-15-17-28(18-16-27)19-20-7-2-1-3-8-20/h1-12H,13-19H2,(H2,25,26,29). The van der Waals surface area contributed by atoms with Gasteiger partial charge in [0.15, 0.2) is 0 Å². The molecule has 1 aliphatic heterocycles. The lowest BCUT2D eigenvalue weighted by Crippen LogP contribution is -2.48. The van der Waals surface area contributed by atoms with Crippen molar-refractivity contribution in [3.8, 4) is 0 Å². The normalized spacial score (nSPS) is 15.3. The summed E-state index contributed by atoms with van der Waals surface area (Å²) in [5.41, 5.74) is 2.21. The van der Waals surface area contributed by atoms with Gasteiger partial charge in [-0.1, -0.05) is 66.7 Å². The molecule has 0 saturated carbocycles. The first-order chi connectivity index (χ1) is 14.3. The molecular formula is C24H28N4O. The number of carbonyl (C=O) groups is 1. The third-order valence-corrected chi connectivity index (χ3v) is 5.47. The smallest absolute Gasteiger partial charge is 0.319 e. The number of carbonyl (C=O) groups excluding carboxylic acids is 1. The van der Waals surface area contributed by atoms with Crippen molar-refractivity contribution in [2.75, 3.05) is 44.6 Å². The van der Waals surface area contributed by atoms with Crippen LogP contribution in [0.25, 0.3) is 10.8 Å². The quantitative estimate of drug-likeness (QED) is 0.676. The lowest BCUT2D eigenvalue weighted by Gasteiger charge is -2.34. The monoisotopic (exact) mass is 388 g/mol. The molecule has 0 unspecified atom stereocenters. The van der Waals surface area contributed by atoms with Crippen LogP contribution in [0.3, 0.4) is 0 Å². The van der Waals surface area contributed by atoms with Gasteiger partial charge in [-0.25, -0.2) is 4.79 Å². The van der Waals surface area contributed by atoms with Gasteiger partial charge in [0.05, 0.1) is 5.69 Å². The number of nitrogens with zero attached hydrogens (tertiary/aromatic N) is 2. The summed E-state index contributed by atoms with van der Waals surface area (Å²) >= 11 is 0. The van der Waals surface area contributed by atoms with E-state index in [0.717, 1.165) is 55.7 Å². The largest absolute Gasteiger partial charge is 0.337 e. The van der Waals surface area contributed by atoms with Gasteiger partial charge in [-0.05, 0) is 17.0 Å². The fraction of sp³-hybridized carbons (Fsp3) is 0.292. The molecule has 0 bridgehead atoms. The van der Waals surface area contributed by atoms with Crippen molar-refractivity contribution < 1.29 is 4.79 Å². The molecule has 4 rings (SSSR count). The molecule has 1 aliphatic rings. The fourth-order valence-electron chi connectivity index (χ4n) is 3.84. The van der Waals surface area contributed by atoms with Gasteiger partial charge in [-0.2, -0.15) is 0 Å². The van der Waals surface area contributed by atoms with Crippen molar-refractivity contribution in [1.82, 2.24) is 15.1 Å². The molecule has 0 aromatic heterocycles. The zero-order valence-electron chi connectivity index (χ0n) is 16.7. The summed E-state index contributed by atoms with van der Waals surface area (Å²) in [7, 11) is 0. The van der Waals surface area contributed by atoms with Crippen molar-refractivity contribution >= 4 is 22.5 Å². The molecular weight excluding hydrogens is 360 g/mol. The van der Waals surface area contributed by atoms with E-state index in [1.807, 2.05) is 30.3 Å². The van der Waals surface area contributed by atoms with Crippen LogP contribution in [0.1, 0.15) is 5.56 Å². The minimum Gasteiger partial charge on any atom is -0.337 e. The van der Waals surface area contributed by atoms with Gasteiger partial charge < -0.3 is 10.6 Å². The summed E-state index contributed by atoms with van der Waals surface area (Å²) in [5.74, 6) is 0. The molecule has 0 aliphatic carbocycles. The average Bonchev–Trinajstić information content (AvgIpc) is 2.76. The van der Waals surface area contributed by atoms with Crippen molar-refractivity contribution in [2.24, 2.45) is 0 Å². The lowest BCUT2D eigenvalue weighted by atomic mass is 10.1. The van der Waals surface area contributed by atoms with E-state index in [9.17, 15) is 4.79 Å². The fourth-order valence-corrected chi connectivity index (χ4v) is 3.84. The summed E-state index contributed by atoms with van der Waals surface area (Å²) < 4.78 is 0. The van der Waals surface area contributed by atoms with Crippen LogP contribution in [0.4, 0.5) is 10.5 Å². The highest BCUT2D eigenvalue weighted by molar-refractivity contribution is 6.01. The Morgan fingerprint density at radius 3 is 2.31 bits per heavy atom. The number of rotatable bonds is 6. The van der Waals surface area contributed by atoms with Gasteiger partial charge >= 0.3 is 6.03 Å². The van der Waals surface area contributed by atoms with E-state index in [2.05, 4.69) is 62.9 Å². The SMILES string of the molecule is O=C(NCCN1CCN(Cc2ccccc2)CC1)Nc1cccc2ccccc12. The van der Waals surface area contributed by atoms with E-state index < -0.39 is 0 Å². The van der Waals surface area contributed by atoms with E-state index in [0.29, 0.717) is 6.54 Å². The maximum absolute atomic E-state index is 12.3. The van der Waals surface area contributed by atoms with Gasteiger partial charge in [-0.3, -0.25) is 9.80 Å². The van der Waals surface area contributed by atoms with Crippen LogP contribution in [0.5, 0.6) is 0 Å². The Morgan fingerprint density at radius 2 is 1.48 bits per heavy atom. The minimum atomic E-state index is -0.149. The van der Waals surface area contributed by atoms with E-state index in [1.54, 1.807) is 0 Å². The highest BCUT2D eigenvalue weighted by atomic mass is 16.2. The summed E-state index contributed by atoms with van der Waals surface area (Å²) in [6.45, 7) is 6.75. The van der Waals surface area contributed by atoms with Gasteiger partial charge in [0.25, 0.3) is 0 Å². The number of urea groups is 1. The number of hydrogen-bond donors (Lipinski definition) is 2. The Balaban J connectivity index is 1.18. The maximum Gasteiger partial charge on any atom is 0.319 e. The highest BCUT2D eigenvalue weighted by Crippen LogP contribution is 2.22. The van der Waals surface area contributed by atoms with Crippen molar-refractivity contribution in [2.45, 2.75) is 6.54 Å². The molecule has 5 nitrogen and oxygen atoms in total. The molecule has 1 fully saturated rings. The molecule has 3 aromatic carbocycles. The van der Waals surface area contributed by atoms with E-state index in [1.165, 1.54) is 5.56 Å². The average molecular weight is 389 g/mol. The van der Waals surface area contributed by atoms with Crippen LogP contribution in [-0.4, -0.2) is 55.1 Å². The first-order valence-corrected chi connectivity index (χ1v) is 10.3. The molecule has 5 heteroatoms. The van der Waals surface area contributed by atoms with Crippen LogP contribution < -0.4 is 10.6 Å². The third kappa shape index (κ3) is 5.34. The Labute approximate surface area is 172 Å². The van der Waals surface area contributed by atoms with Crippen LogP contribution in [0.15, 0.2) is 72.8 Å². The van der Waals surface area contributed by atoms with Gasteiger partial charge in [-0.15, -0.1) is 0 Å². The predicted octanol–water partition coefficient (Wildman–Crippen LogP) is 3.78. The van der Waals surface area contributed by atoms with E-state index in [4.69, 9.17) is 0 Å². The summed E-state index contributed by atoms with van der Waals surface area (Å²) in [5, 5.41) is 8.15. The zero-order chi connectivity index (χ0) is 19.9. The number of fused-ring (bicyclic) bond motifs is 1. The lowest BCUT2D eigenvalue weighted by molar-refractivity contribution is 0.128. The minimum absolute atomic E-state index is 0.149. The summed E-state index contributed by atoms with van der Waals surface area (Å²) in [6.07, 6.45) is 0. The molecule has 0 spiro atoms. The molecule has 29 heavy (non-hydrogen) atoms. The zero-order valence-corrected chi connectivity index (χ0v) is 16.7. The van der Waals surface area contributed by atoms with Crippen molar-refractivity contribution in [3.63, 3.8) is 0 Å². The highest BCUT2D eigenvalue weighted by Gasteiger charge is 2.16. The molecule has 0 atom stereocenters. The Morgan fingerprint density at radius 1 is 0.793 bits per heavy atom. The van der Waals surface area contributed by atoms with Crippen LogP contribution in [0.2, 0.25) is 0 Å². The molecule has 2 N–H and O–H groups in total. The molecule has 150 valence electrons. The van der Waals surface area contributed by atoms with E-state index >= 15 is 0 Å². The van der Waals surface area contributed by atoms with Crippen LogP contribution in [-0.2, 0) is 6.54 Å². The van der Waals surface area contributed by atoms with Crippen LogP contribution in [0, 0.1) is 0 Å². The Kier molecular flexibility index (Phi) is 6.39. The number of piperazine rings is 1. The molecule has 2 amide bonds. The number of nitrogens with one attached hydrogen (secondary N) is 2. The van der Waals surface area contributed by atoms with Gasteiger partial charge in [0.2, 0.25) is 0 Å². The van der Waals surface area contributed by atoms with Crippen molar-refractivity contribution in [3.05, 3.63) is 78.4 Å².